The van der Waals surface area contributed by atoms with Crippen molar-refractivity contribution in [3.63, 3.8) is 0 Å². The van der Waals surface area contributed by atoms with Gasteiger partial charge in [0.25, 0.3) is 5.91 Å². The molecule has 0 heterocycles. The summed E-state index contributed by atoms with van der Waals surface area (Å²) in [5, 5.41) is 48.4. The molecule has 0 saturated heterocycles. The summed E-state index contributed by atoms with van der Waals surface area (Å²) in [5.41, 5.74) is 2.20. The second-order valence-corrected chi connectivity index (χ2v) is 12.5. The monoisotopic (exact) mass is 555 g/mol. The highest BCUT2D eigenvalue weighted by atomic mass is 16.3. The molecule has 0 radical (unpaired) electrons. The van der Waals surface area contributed by atoms with Crippen LogP contribution < -0.4 is 11.1 Å². The van der Waals surface area contributed by atoms with Gasteiger partial charge < -0.3 is 31.5 Å². The fourth-order valence-electron chi connectivity index (χ4n) is 6.40. The highest BCUT2D eigenvalue weighted by Crippen LogP contribution is 2.52. The first-order valence-corrected chi connectivity index (χ1v) is 13.2. The van der Waals surface area contributed by atoms with Crippen molar-refractivity contribution in [2.75, 3.05) is 20.6 Å². The van der Waals surface area contributed by atoms with Gasteiger partial charge in [0.1, 0.15) is 22.8 Å². The number of aliphatic hydroxyl groups is 3. The normalized spacial score (nSPS) is 26.6. The maximum Gasteiger partial charge on any atom is 0.255 e. The van der Waals surface area contributed by atoms with Gasteiger partial charge in [-0.05, 0) is 56.8 Å². The molecule has 1 amide bonds. The number of aromatic hydroxyl groups is 1. The number of phenolic OH excluding ortho intramolecular Hbond substituents is 1. The Balaban J connectivity index is 1.90. The van der Waals surface area contributed by atoms with Crippen LogP contribution in [0.4, 0.5) is 0 Å². The summed E-state index contributed by atoms with van der Waals surface area (Å²) < 4.78 is 0. The molecule has 0 bridgehead atoms. The molecule has 0 unspecified atom stereocenters. The number of primary amides is 1. The van der Waals surface area contributed by atoms with Crippen LogP contribution in [0.3, 0.4) is 0 Å². The molecule has 4 atom stereocenters. The van der Waals surface area contributed by atoms with E-state index in [-0.39, 0.29) is 53.0 Å². The van der Waals surface area contributed by atoms with Crippen molar-refractivity contribution in [3.05, 3.63) is 51.0 Å². The Hall–Kier alpha value is -3.54. The van der Waals surface area contributed by atoms with Crippen LogP contribution in [0.1, 0.15) is 66.0 Å². The van der Waals surface area contributed by atoms with Crippen molar-refractivity contribution in [2.45, 2.75) is 58.7 Å². The van der Waals surface area contributed by atoms with Crippen molar-refractivity contribution in [1.29, 1.82) is 0 Å². The van der Waals surface area contributed by atoms with E-state index >= 15 is 0 Å². The average molecular weight is 556 g/mol. The minimum Gasteiger partial charge on any atom is -0.510 e. The van der Waals surface area contributed by atoms with Crippen molar-refractivity contribution in [1.82, 2.24) is 10.2 Å². The number of amides is 1. The fraction of sp³-hybridized carbons (Fsp3) is 0.517. The van der Waals surface area contributed by atoms with Crippen molar-refractivity contribution in [3.8, 4) is 5.75 Å². The molecule has 11 heteroatoms. The van der Waals surface area contributed by atoms with Crippen LogP contribution in [-0.2, 0) is 22.6 Å². The molecule has 40 heavy (non-hydrogen) atoms. The zero-order valence-corrected chi connectivity index (χ0v) is 23.6. The number of benzene rings is 1. The number of nitrogens with zero attached hydrogens (tertiary/aromatic N) is 1. The Labute approximate surface area is 232 Å². The largest absolute Gasteiger partial charge is 0.510 e. The Morgan fingerprint density at radius 2 is 1.80 bits per heavy atom. The SMILES string of the molecule is CC(=O)c1cc(CNCC(C)(C)C)c(O)c2c1C[C@H]1C[C@@H]3[C@@H](N(C)C)C(O)=C(C(N)=O)C(=O)[C@@]3(O)C(O)=C1C2=O. The van der Waals surface area contributed by atoms with Crippen LogP contribution >= 0.6 is 0 Å². The Kier molecular flexibility index (Phi) is 7.23. The van der Waals surface area contributed by atoms with Gasteiger partial charge >= 0.3 is 0 Å². The number of phenols is 1. The number of nitrogens with two attached hydrogens (primary N) is 1. The number of carbonyl (C=O) groups excluding carboxylic acids is 4. The minimum atomic E-state index is -2.71. The molecular weight excluding hydrogens is 518 g/mol. The molecule has 4 rings (SSSR count). The van der Waals surface area contributed by atoms with Crippen molar-refractivity contribution >= 4 is 23.3 Å². The first-order valence-electron chi connectivity index (χ1n) is 13.2. The van der Waals surface area contributed by atoms with E-state index in [1.54, 1.807) is 20.2 Å². The Bertz CT molecular complexity index is 1400. The molecule has 0 aliphatic heterocycles. The summed E-state index contributed by atoms with van der Waals surface area (Å²) in [4.78, 5) is 53.7. The smallest absolute Gasteiger partial charge is 0.255 e. The van der Waals surface area contributed by atoms with E-state index in [0.29, 0.717) is 17.7 Å². The van der Waals surface area contributed by atoms with E-state index in [4.69, 9.17) is 5.73 Å². The number of likely N-dealkylation sites (N-methyl/N-ethyl adjacent to an activating group) is 1. The highest BCUT2D eigenvalue weighted by molar-refractivity contribution is 6.25. The Morgan fingerprint density at radius 1 is 1.18 bits per heavy atom. The van der Waals surface area contributed by atoms with Crippen LogP contribution in [0, 0.1) is 17.3 Å². The third kappa shape index (κ3) is 4.42. The second-order valence-electron chi connectivity index (χ2n) is 12.5. The van der Waals surface area contributed by atoms with Gasteiger partial charge in [0.15, 0.2) is 17.2 Å². The van der Waals surface area contributed by atoms with E-state index in [9.17, 15) is 39.6 Å². The van der Waals surface area contributed by atoms with Crippen molar-refractivity contribution < 1.29 is 39.6 Å². The molecule has 1 aromatic rings. The van der Waals surface area contributed by atoms with E-state index in [2.05, 4.69) is 5.32 Å². The second kappa shape index (κ2) is 9.83. The van der Waals surface area contributed by atoms with Crippen molar-refractivity contribution in [2.24, 2.45) is 23.0 Å². The first-order chi connectivity index (χ1) is 18.4. The average Bonchev–Trinajstić information content (AvgIpc) is 2.81. The van der Waals surface area contributed by atoms with Gasteiger partial charge in [0.05, 0.1) is 11.6 Å². The number of ketones is 3. The third-order valence-corrected chi connectivity index (χ3v) is 8.15. The third-order valence-electron chi connectivity index (χ3n) is 8.15. The lowest BCUT2D eigenvalue weighted by Crippen LogP contribution is -2.63. The van der Waals surface area contributed by atoms with E-state index in [1.165, 1.54) is 11.8 Å². The maximum absolute atomic E-state index is 14.0. The zero-order chi connectivity index (χ0) is 30.1. The quantitative estimate of drug-likeness (QED) is 0.221. The van der Waals surface area contributed by atoms with Gasteiger partial charge in [-0.3, -0.25) is 24.1 Å². The van der Waals surface area contributed by atoms with Crippen LogP contribution in [0.5, 0.6) is 5.75 Å². The van der Waals surface area contributed by atoms with Gasteiger partial charge in [0.2, 0.25) is 5.78 Å². The van der Waals surface area contributed by atoms with Crippen LogP contribution in [-0.4, -0.2) is 80.9 Å². The number of rotatable bonds is 6. The van der Waals surface area contributed by atoms with Gasteiger partial charge in [-0.1, -0.05) is 20.8 Å². The molecule has 3 aliphatic carbocycles. The molecule has 1 aromatic carbocycles. The summed E-state index contributed by atoms with van der Waals surface area (Å²) in [6, 6.07) is 0.482. The van der Waals surface area contributed by atoms with Gasteiger partial charge in [-0.25, -0.2) is 0 Å². The van der Waals surface area contributed by atoms with Crippen LogP contribution in [0.2, 0.25) is 0 Å². The number of Topliss-reactive ketones (excluding diaryl/α,β-unsaturated/α-hetero) is 3. The number of fused-ring (bicyclic) bond motifs is 3. The predicted molar refractivity (Wildman–Crippen MR) is 145 cm³/mol. The molecule has 3 aliphatic rings. The number of allylic oxidation sites excluding steroid dienone is 1. The van der Waals surface area contributed by atoms with E-state index in [0.717, 1.165) is 0 Å². The molecule has 0 spiro atoms. The first kappa shape index (κ1) is 29.4. The molecule has 216 valence electrons. The van der Waals surface area contributed by atoms with Gasteiger partial charge in [0, 0.05) is 35.7 Å². The standard InChI is InChI=1S/C29H37N3O8/c1-12(33)15-8-14(10-31-11-28(2,3)4)22(34)19-16(15)7-13-9-17-21(32(5)6)24(36)20(27(30)39)26(38)29(17,40)25(37)18(13)23(19)35/h8,13,17,21,31,34,36-37,40H,7,9-11H2,1-6H3,(H2,30,39)/t13-,17+,21+,29-/m0/s1. The number of aliphatic hydroxyl groups excluding tert-OH is 2. The summed E-state index contributed by atoms with van der Waals surface area (Å²) in [7, 11) is 3.13. The fourth-order valence-corrected chi connectivity index (χ4v) is 6.40. The lowest BCUT2D eigenvalue weighted by molar-refractivity contribution is -0.148. The minimum absolute atomic E-state index is 0.0429. The summed E-state index contributed by atoms with van der Waals surface area (Å²) in [6.07, 6.45) is 0.0193. The highest BCUT2D eigenvalue weighted by Gasteiger charge is 2.63. The number of hydrogen-bond acceptors (Lipinski definition) is 10. The topological polar surface area (TPSA) is 190 Å². The maximum atomic E-state index is 14.0. The molecular formula is C29H37N3O8. The number of hydrogen-bond donors (Lipinski definition) is 6. The van der Waals surface area contributed by atoms with E-state index < -0.39 is 58.0 Å². The molecule has 0 fully saturated rings. The zero-order valence-electron chi connectivity index (χ0n) is 23.6. The van der Waals surface area contributed by atoms with Gasteiger partial charge in [-0.2, -0.15) is 0 Å². The summed E-state index contributed by atoms with van der Waals surface area (Å²) in [5.74, 6) is -7.50. The van der Waals surface area contributed by atoms with Crippen LogP contribution in [0.25, 0.3) is 0 Å². The Morgan fingerprint density at radius 3 is 2.33 bits per heavy atom. The molecule has 0 saturated carbocycles. The molecule has 7 N–H and O–H groups in total. The lowest BCUT2D eigenvalue weighted by atomic mass is 9.58. The molecule has 11 nitrogen and oxygen atoms in total. The van der Waals surface area contributed by atoms with Gasteiger partial charge in [-0.15, -0.1) is 0 Å². The molecule has 0 aromatic heterocycles. The predicted octanol–water partition coefficient (Wildman–Crippen LogP) is 1.46. The summed E-state index contributed by atoms with van der Waals surface area (Å²) in [6.45, 7) is 8.20. The lowest BCUT2D eigenvalue weighted by Gasteiger charge is -2.50. The number of nitrogens with one attached hydrogen (secondary N) is 1. The van der Waals surface area contributed by atoms with Crippen LogP contribution in [0.15, 0.2) is 28.7 Å². The van der Waals surface area contributed by atoms with E-state index in [1.807, 2.05) is 20.8 Å². The number of carbonyl (C=O) groups is 4. The summed E-state index contributed by atoms with van der Waals surface area (Å²) >= 11 is 0.